The Bertz CT molecular complexity index is 127. The van der Waals surface area contributed by atoms with Crippen LogP contribution in [0.2, 0.25) is 0 Å². The van der Waals surface area contributed by atoms with Crippen molar-refractivity contribution in [2.75, 3.05) is 13.1 Å². The van der Waals surface area contributed by atoms with Gasteiger partial charge in [-0.3, -0.25) is 4.79 Å². The number of carbonyl (C=O) groups is 1. The minimum atomic E-state index is -0.793. The Morgan fingerprint density at radius 3 is 2.36 bits per heavy atom. The minimum Gasteiger partial charge on any atom is -0.480 e. The largest absolute Gasteiger partial charge is 0.480 e. The molecule has 0 amide bonds. The van der Waals surface area contributed by atoms with Crippen LogP contribution in [-0.2, 0) is 4.79 Å². The maximum Gasteiger partial charge on any atom is 0.317 e. The molecule has 0 aliphatic heterocycles. The molecular weight excluding hydrogens is 142 g/mol. The van der Waals surface area contributed by atoms with Crippen molar-refractivity contribution in [1.82, 2.24) is 5.32 Å². The number of carboxylic acids is 1. The molecule has 0 aromatic heterocycles. The quantitative estimate of drug-likeness (QED) is 0.604. The number of rotatable bonds is 4. The van der Waals surface area contributed by atoms with Crippen LogP contribution < -0.4 is 5.32 Å². The normalized spacial score (nSPS) is 11.5. The second kappa shape index (κ2) is 4.34. The zero-order chi connectivity index (χ0) is 8.91. The summed E-state index contributed by atoms with van der Waals surface area (Å²) in [7, 11) is 0. The molecular formula is C8H17NO2. The third-order valence-electron chi connectivity index (χ3n) is 1.33. The molecule has 0 radical (unpaired) electrons. The standard InChI is InChI=1S/C8H17NO2/c1-8(2,3)4-5-9-6-7(10)11/h9H,4-6H2,1-3H3,(H,10,11). The second-order valence-electron chi connectivity index (χ2n) is 3.88. The predicted octanol–water partition coefficient (Wildman–Crippen LogP) is 1.10. The van der Waals surface area contributed by atoms with Crippen LogP contribution in [0.3, 0.4) is 0 Å². The third kappa shape index (κ3) is 9.43. The van der Waals surface area contributed by atoms with Crippen molar-refractivity contribution in [3.63, 3.8) is 0 Å². The van der Waals surface area contributed by atoms with Crippen LogP contribution in [0.4, 0.5) is 0 Å². The maximum absolute atomic E-state index is 10.1. The van der Waals surface area contributed by atoms with E-state index in [1.807, 2.05) is 0 Å². The van der Waals surface area contributed by atoms with E-state index in [1.165, 1.54) is 0 Å². The van der Waals surface area contributed by atoms with Crippen LogP contribution in [0, 0.1) is 5.41 Å². The molecule has 3 heteroatoms. The Balaban J connectivity index is 3.22. The fourth-order valence-electron chi connectivity index (χ4n) is 0.659. The van der Waals surface area contributed by atoms with Gasteiger partial charge in [0.25, 0.3) is 0 Å². The van der Waals surface area contributed by atoms with Gasteiger partial charge in [-0.05, 0) is 18.4 Å². The van der Waals surface area contributed by atoms with E-state index in [2.05, 4.69) is 26.1 Å². The predicted molar refractivity (Wildman–Crippen MR) is 44.6 cm³/mol. The fraction of sp³-hybridized carbons (Fsp3) is 0.875. The lowest BCUT2D eigenvalue weighted by Gasteiger charge is -2.17. The van der Waals surface area contributed by atoms with Crippen molar-refractivity contribution in [2.24, 2.45) is 5.41 Å². The third-order valence-corrected chi connectivity index (χ3v) is 1.33. The lowest BCUT2D eigenvalue weighted by atomic mass is 9.92. The SMILES string of the molecule is CC(C)(C)CCNCC(=O)O. The van der Waals surface area contributed by atoms with Crippen molar-refractivity contribution in [2.45, 2.75) is 27.2 Å². The topological polar surface area (TPSA) is 49.3 Å². The van der Waals surface area contributed by atoms with Gasteiger partial charge in [0.1, 0.15) is 0 Å². The van der Waals surface area contributed by atoms with E-state index >= 15 is 0 Å². The van der Waals surface area contributed by atoms with Crippen molar-refractivity contribution >= 4 is 5.97 Å². The molecule has 0 saturated carbocycles. The van der Waals surface area contributed by atoms with Crippen LogP contribution >= 0.6 is 0 Å². The second-order valence-corrected chi connectivity index (χ2v) is 3.88. The van der Waals surface area contributed by atoms with Crippen LogP contribution in [0.5, 0.6) is 0 Å². The molecule has 66 valence electrons. The highest BCUT2D eigenvalue weighted by Crippen LogP contribution is 2.16. The van der Waals surface area contributed by atoms with Crippen molar-refractivity contribution in [1.29, 1.82) is 0 Å². The Hall–Kier alpha value is -0.570. The molecule has 0 aliphatic rings. The molecule has 0 aromatic carbocycles. The number of hydrogen-bond donors (Lipinski definition) is 2. The highest BCUT2D eigenvalue weighted by atomic mass is 16.4. The first-order valence-corrected chi connectivity index (χ1v) is 3.84. The van der Waals surface area contributed by atoms with E-state index in [4.69, 9.17) is 5.11 Å². The maximum atomic E-state index is 10.1. The lowest BCUT2D eigenvalue weighted by Crippen LogP contribution is -2.26. The summed E-state index contributed by atoms with van der Waals surface area (Å²) in [4.78, 5) is 10.1. The van der Waals surface area contributed by atoms with Crippen LogP contribution in [0.25, 0.3) is 0 Å². The average molecular weight is 159 g/mol. The summed E-state index contributed by atoms with van der Waals surface area (Å²) in [6.07, 6.45) is 1.00. The molecule has 0 bridgehead atoms. The molecule has 0 saturated heterocycles. The summed E-state index contributed by atoms with van der Waals surface area (Å²) < 4.78 is 0. The first-order valence-electron chi connectivity index (χ1n) is 3.84. The van der Waals surface area contributed by atoms with Crippen molar-refractivity contribution in [3.05, 3.63) is 0 Å². The minimum absolute atomic E-state index is 0.0656. The highest BCUT2D eigenvalue weighted by Gasteiger charge is 2.08. The van der Waals surface area contributed by atoms with E-state index in [0.29, 0.717) is 0 Å². The molecule has 0 atom stereocenters. The lowest BCUT2D eigenvalue weighted by molar-refractivity contribution is -0.135. The summed E-state index contributed by atoms with van der Waals surface area (Å²) in [6.45, 7) is 7.24. The van der Waals surface area contributed by atoms with Crippen LogP contribution in [0.1, 0.15) is 27.2 Å². The molecule has 0 aromatic rings. The molecule has 0 aliphatic carbocycles. The molecule has 3 nitrogen and oxygen atoms in total. The average Bonchev–Trinajstić information content (AvgIpc) is 1.78. The van der Waals surface area contributed by atoms with Gasteiger partial charge in [-0.1, -0.05) is 20.8 Å². The summed E-state index contributed by atoms with van der Waals surface area (Å²) >= 11 is 0. The Labute approximate surface area is 67.8 Å². The van der Waals surface area contributed by atoms with E-state index < -0.39 is 5.97 Å². The summed E-state index contributed by atoms with van der Waals surface area (Å²) in [5, 5.41) is 11.1. The van der Waals surface area contributed by atoms with Crippen molar-refractivity contribution < 1.29 is 9.90 Å². The van der Waals surface area contributed by atoms with E-state index in [9.17, 15) is 4.79 Å². The number of aliphatic carboxylic acids is 1. The van der Waals surface area contributed by atoms with Gasteiger partial charge in [0, 0.05) is 0 Å². The van der Waals surface area contributed by atoms with Crippen LogP contribution in [0.15, 0.2) is 0 Å². The van der Waals surface area contributed by atoms with E-state index in [1.54, 1.807) is 0 Å². The van der Waals surface area contributed by atoms with Gasteiger partial charge in [-0.25, -0.2) is 0 Å². The van der Waals surface area contributed by atoms with Crippen molar-refractivity contribution in [3.8, 4) is 0 Å². The first kappa shape index (κ1) is 10.4. The molecule has 0 heterocycles. The zero-order valence-electron chi connectivity index (χ0n) is 7.48. The summed E-state index contributed by atoms with van der Waals surface area (Å²) in [5.74, 6) is -0.793. The number of hydrogen-bond acceptors (Lipinski definition) is 2. The van der Waals surface area contributed by atoms with Gasteiger partial charge < -0.3 is 10.4 Å². The Kier molecular flexibility index (Phi) is 4.11. The van der Waals surface area contributed by atoms with Gasteiger partial charge in [0.2, 0.25) is 0 Å². The summed E-state index contributed by atoms with van der Waals surface area (Å²) in [5.41, 5.74) is 0.283. The highest BCUT2D eigenvalue weighted by molar-refractivity contribution is 5.68. The smallest absolute Gasteiger partial charge is 0.317 e. The fourth-order valence-corrected chi connectivity index (χ4v) is 0.659. The summed E-state index contributed by atoms with van der Waals surface area (Å²) in [6, 6.07) is 0. The molecule has 11 heavy (non-hydrogen) atoms. The molecule has 0 rings (SSSR count). The Morgan fingerprint density at radius 1 is 1.45 bits per heavy atom. The first-order chi connectivity index (χ1) is 4.92. The monoisotopic (exact) mass is 159 g/mol. The van der Waals surface area contributed by atoms with Crippen LogP contribution in [-0.4, -0.2) is 24.2 Å². The van der Waals surface area contributed by atoms with Gasteiger partial charge in [-0.15, -0.1) is 0 Å². The zero-order valence-corrected chi connectivity index (χ0v) is 7.48. The number of carboxylic acid groups (broad SMARTS) is 1. The molecule has 2 N–H and O–H groups in total. The van der Waals surface area contributed by atoms with Gasteiger partial charge in [0.15, 0.2) is 0 Å². The van der Waals surface area contributed by atoms with Gasteiger partial charge in [-0.2, -0.15) is 0 Å². The van der Waals surface area contributed by atoms with E-state index in [0.717, 1.165) is 13.0 Å². The van der Waals surface area contributed by atoms with Gasteiger partial charge in [0.05, 0.1) is 6.54 Å². The number of nitrogens with one attached hydrogen (secondary N) is 1. The Morgan fingerprint density at radius 2 is 2.00 bits per heavy atom. The molecule has 0 fully saturated rings. The molecule has 0 unspecified atom stereocenters. The molecule has 0 spiro atoms. The van der Waals surface area contributed by atoms with E-state index in [-0.39, 0.29) is 12.0 Å². The van der Waals surface area contributed by atoms with Gasteiger partial charge >= 0.3 is 5.97 Å².